The molecule has 0 bridgehead atoms. The highest BCUT2D eigenvalue weighted by Gasteiger charge is 2.28. The van der Waals surface area contributed by atoms with E-state index in [0.29, 0.717) is 0 Å². The van der Waals surface area contributed by atoms with E-state index in [0.717, 1.165) is 27.6 Å². The van der Waals surface area contributed by atoms with Crippen LogP contribution in [0.25, 0.3) is 10.9 Å². The van der Waals surface area contributed by atoms with Gasteiger partial charge in [0.2, 0.25) is 10.0 Å². The molecule has 7 heteroatoms. The number of rotatable bonds is 8. The molecule has 4 aromatic rings. The second kappa shape index (κ2) is 9.38. The number of aryl methyl sites for hydroxylation is 1. The van der Waals surface area contributed by atoms with Gasteiger partial charge in [-0.2, -0.15) is 4.72 Å². The van der Waals surface area contributed by atoms with Crippen molar-refractivity contribution in [2.75, 3.05) is 0 Å². The fourth-order valence-corrected chi connectivity index (χ4v) is 4.68. The summed E-state index contributed by atoms with van der Waals surface area (Å²) in [7, 11) is -3.92. The number of hydrogen-bond acceptors (Lipinski definition) is 4. The number of nitrogens with one attached hydrogen (secondary N) is 2. The van der Waals surface area contributed by atoms with Crippen LogP contribution in [0.2, 0.25) is 0 Å². The van der Waals surface area contributed by atoms with Crippen molar-refractivity contribution in [2.45, 2.75) is 30.9 Å². The minimum Gasteiger partial charge on any atom is -0.460 e. The van der Waals surface area contributed by atoms with Crippen molar-refractivity contribution in [1.29, 1.82) is 0 Å². The molecule has 0 saturated heterocycles. The normalized spacial score (nSPS) is 12.5. The Morgan fingerprint density at radius 3 is 2.41 bits per heavy atom. The molecule has 0 spiro atoms. The molecule has 3 aromatic carbocycles. The van der Waals surface area contributed by atoms with Crippen LogP contribution in [-0.4, -0.2) is 25.4 Å². The number of para-hydroxylation sites is 1. The van der Waals surface area contributed by atoms with Gasteiger partial charge in [0.15, 0.2) is 0 Å². The van der Waals surface area contributed by atoms with Gasteiger partial charge < -0.3 is 9.72 Å². The van der Waals surface area contributed by atoms with Crippen molar-refractivity contribution in [2.24, 2.45) is 0 Å². The maximum atomic E-state index is 13.0. The summed E-state index contributed by atoms with van der Waals surface area (Å²) in [6.07, 6.45) is 1.95. The number of carbonyl (C=O) groups excluding carboxylic acids is 1. The second-order valence-electron chi connectivity index (χ2n) is 7.64. The van der Waals surface area contributed by atoms with Crippen LogP contribution in [0.1, 0.15) is 16.7 Å². The van der Waals surface area contributed by atoms with E-state index in [2.05, 4.69) is 9.71 Å². The van der Waals surface area contributed by atoms with Crippen molar-refractivity contribution >= 4 is 26.9 Å². The molecule has 2 N–H and O–H groups in total. The zero-order valence-corrected chi connectivity index (χ0v) is 18.4. The second-order valence-corrected chi connectivity index (χ2v) is 9.36. The predicted molar refractivity (Wildman–Crippen MR) is 124 cm³/mol. The number of aromatic amines is 1. The summed E-state index contributed by atoms with van der Waals surface area (Å²) in [6, 6.07) is 22.4. The number of H-pyrrole nitrogens is 1. The summed E-state index contributed by atoms with van der Waals surface area (Å²) in [5.74, 6) is -0.630. The van der Waals surface area contributed by atoms with Crippen molar-refractivity contribution in [3.63, 3.8) is 0 Å². The van der Waals surface area contributed by atoms with Gasteiger partial charge in [-0.05, 0) is 36.2 Å². The summed E-state index contributed by atoms with van der Waals surface area (Å²) in [5, 5.41) is 0.933. The zero-order chi connectivity index (χ0) is 22.6. The van der Waals surface area contributed by atoms with E-state index in [4.69, 9.17) is 4.74 Å². The fraction of sp³-hybridized carbons (Fsp3) is 0.160. The van der Waals surface area contributed by atoms with E-state index in [1.807, 2.05) is 61.5 Å². The standard InChI is InChI=1S/C25H24N2O4S/c1-18-11-13-21(14-12-18)32(29,30)27-24(25(28)31-17-19-7-3-2-4-8-19)15-20-16-26-23-10-6-5-9-22(20)23/h2-14,16,24,26-27H,15,17H2,1H3/t24-/m0/s1. The average Bonchev–Trinajstić information content (AvgIpc) is 3.21. The van der Waals surface area contributed by atoms with Crippen LogP contribution in [0.3, 0.4) is 0 Å². The highest BCUT2D eigenvalue weighted by atomic mass is 32.2. The van der Waals surface area contributed by atoms with Gasteiger partial charge >= 0.3 is 5.97 Å². The zero-order valence-electron chi connectivity index (χ0n) is 17.6. The van der Waals surface area contributed by atoms with E-state index in [1.54, 1.807) is 18.3 Å². The predicted octanol–water partition coefficient (Wildman–Crippen LogP) is 4.11. The van der Waals surface area contributed by atoms with Crippen LogP contribution in [0.15, 0.2) is 90.0 Å². The SMILES string of the molecule is Cc1ccc(S(=O)(=O)N[C@@H](Cc2c[nH]c3ccccc23)C(=O)OCc2ccccc2)cc1. The average molecular weight is 449 g/mol. The summed E-state index contributed by atoms with van der Waals surface area (Å²) in [5.41, 5.74) is 3.52. The van der Waals surface area contributed by atoms with Gasteiger partial charge in [-0.25, -0.2) is 8.42 Å². The largest absolute Gasteiger partial charge is 0.460 e. The molecule has 0 radical (unpaired) electrons. The van der Waals surface area contributed by atoms with Crippen molar-refractivity contribution < 1.29 is 17.9 Å². The topological polar surface area (TPSA) is 88.3 Å². The number of carbonyl (C=O) groups is 1. The number of fused-ring (bicyclic) bond motifs is 1. The Morgan fingerprint density at radius 1 is 0.969 bits per heavy atom. The Labute approximate surface area is 187 Å². The van der Waals surface area contributed by atoms with Gasteiger partial charge in [0.25, 0.3) is 0 Å². The van der Waals surface area contributed by atoms with Gasteiger partial charge in [0, 0.05) is 23.5 Å². The third kappa shape index (κ3) is 5.07. The number of aromatic nitrogens is 1. The molecule has 0 aliphatic carbocycles. The highest BCUT2D eigenvalue weighted by molar-refractivity contribution is 7.89. The number of esters is 1. The van der Waals surface area contributed by atoms with Crippen LogP contribution in [0, 0.1) is 6.92 Å². The quantitative estimate of drug-likeness (QED) is 0.397. The van der Waals surface area contributed by atoms with Gasteiger partial charge in [0.1, 0.15) is 12.6 Å². The molecule has 1 aromatic heterocycles. The molecule has 0 unspecified atom stereocenters. The molecule has 1 heterocycles. The molecule has 32 heavy (non-hydrogen) atoms. The van der Waals surface area contributed by atoms with Crippen molar-refractivity contribution in [1.82, 2.24) is 9.71 Å². The van der Waals surface area contributed by atoms with Crippen LogP contribution in [0.4, 0.5) is 0 Å². The van der Waals surface area contributed by atoms with E-state index in [9.17, 15) is 13.2 Å². The summed E-state index contributed by atoms with van der Waals surface area (Å²) >= 11 is 0. The maximum absolute atomic E-state index is 13.0. The van der Waals surface area contributed by atoms with Crippen molar-refractivity contribution in [3.8, 4) is 0 Å². The molecular formula is C25H24N2O4S. The van der Waals surface area contributed by atoms with Crippen molar-refractivity contribution in [3.05, 3.63) is 102 Å². The van der Waals surface area contributed by atoms with Gasteiger partial charge in [-0.1, -0.05) is 66.2 Å². The summed E-state index contributed by atoms with van der Waals surface area (Å²) in [4.78, 5) is 16.2. The van der Waals surface area contributed by atoms with Gasteiger partial charge in [-0.3, -0.25) is 4.79 Å². The van der Waals surface area contributed by atoms with E-state index < -0.39 is 22.0 Å². The van der Waals surface area contributed by atoms with Crippen LogP contribution in [0.5, 0.6) is 0 Å². The van der Waals surface area contributed by atoms with E-state index >= 15 is 0 Å². The number of ether oxygens (including phenoxy) is 1. The Morgan fingerprint density at radius 2 is 1.66 bits per heavy atom. The number of sulfonamides is 1. The Hall–Kier alpha value is -3.42. The smallest absolute Gasteiger partial charge is 0.324 e. The fourth-order valence-electron chi connectivity index (χ4n) is 3.50. The molecule has 0 aliphatic rings. The third-order valence-corrected chi connectivity index (χ3v) is 6.72. The molecule has 0 aliphatic heterocycles. The minimum atomic E-state index is -3.92. The first-order valence-electron chi connectivity index (χ1n) is 10.3. The molecule has 1 atom stereocenters. The monoisotopic (exact) mass is 448 g/mol. The Kier molecular flexibility index (Phi) is 6.39. The van der Waals surface area contributed by atoms with Crippen LogP contribution < -0.4 is 4.72 Å². The minimum absolute atomic E-state index is 0.0658. The van der Waals surface area contributed by atoms with Gasteiger partial charge in [0.05, 0.1) is 4.90 Å². The highest BCUT2D eigenvalue weighted by Crippen LogP contribution is 2.21. The number of benzene rings is 3. The summed E-state index contributed by atoms with van der Waals surface area (Å²) in [6.45, 7) is 1.95. The Balaban J connectivity index is 1.59. The number of hydrogen-bond donors (Lipinski definition) is 2. The van der Waals surface area contributed by atoms with E-state index in [-0.39, 0.29) is 17.9 Å². The lowest BCUT2D eigenvalue weighted by Gasteiger charge is -2.18. The summed E-state index contributed by atoms with van der Waals surface area (Å²) < 4.78 is 34.0. The molecule has 4 rings (SSSR count). The first-order valence-corrected chi connectivity index (χ1v) is 11.8. The first kappa shape index (κ1) is 21.8. The molecule has 0 amide bonds. The molecular weight excluding hydrogens is 424 g/mol. The molecule has 0 saturated carbocycles. The lowest BCUT2D eigenvalue weighted by atomic mass is 10.1. The van der Waals surface area contributed by atoms with Gasteiger partial charge in [-0.15, -0.1) is 0 Å². The maximum Gasteiger partial charge on any atom is 0.324 e. The van der Waals surface area contributed by atoms with E-state index in [1.165, 1.54) is 12.1 Å². The lowest BCUT2D eigenvalue weighted by Crippen LogP contribution is -2.43. The molecule has 0 fully saturated rings. The lowest BCUT2D eigenvalue weighted by molar-refractivity contribution is -0.147. The first-order chi connectivity index (χ1) is 15.4. The van der Waals surface area contributed by atoms with Crippen LogP contribution in [-0.2, 0) is 32.6 Å². The Bertz CT molecular complexity index is 1310. The molecule has 6 nitrogen and oxygen atoms in total. The van der Waals surface area contributed by atoms with Crippen LogP contribution >= 0.6 is 0 Å². The third-order valence-electron chi connectivity index (χ3n) is 5.24. The molecule has 164 valence electrons.